The van der Waals surface area contributed by atoms with Gasteiger partial charge in [-0.3, -0.25) is 10.1 Å². The van der Waals surface area contributed by atoms with Crippen LogP contribution in [0.4, 0.5) is 5.69 Å². The van der Waals surface area contributed by atoms with E-state index in [4.69, 9.17) is 14.2 Å². The first-order valence-electron chi connectivity index (χ1n) is 7.67. The van der Waals surface area contributed by atoms with Crippen LogP contribution in [0.25, 0.3) is 0 Å². The number of rotatable bonds is 6. The highest BCUT2D eigenvalue weighted by Gasteiger charge is 2.21. The topological polar surface area (TPSA) is 87.9 Å². The third kappa shape index (κ3) is 5.01. The summed E-state index contributed by atoms with van der Waals surface area (Å²) >= 11 is 0. The molecule has 0 saturated carbocycles. The number of hydrogen-bond acceptors (Lipinski definition) is 6. The van der Waals surface area contributed by atoms with Gasteiger partial charge < -0.3 is 14.2 Å². The molecule has 2 atom stereocenters. The molecular formula is C16H21NO6. The number of nitro benzene ring substituents is 1. The molecule has 1 fully saturated rings. The second kappa shape index (κ2) is 8.03. The molecular weight excluding hydrogens is 302 g/mol. The lowest BCUT2D eigenvalue weighted by atomic mass is 10.1. The van der Waals surface area contributed by atoms with Crippen LogP contribution in [0.15, 0.2) is 18.2 Å². The zero-order valence-electron chi connectivity index (χ0n) is 13.3. The van der Waals surface area contributed by atoms with Crippen LogP contribution in [-0.4, -0.2) is 36.3 Å². The Bertz CT molecular complexity index is 568. The van der Waals surface area contributed by atoms with Crippen LogP contribution in [0, 0.1) is 17.0 Å². The largest absolute Gasteiger partial charge is 0.424 e. The van der Waals surface area contributed by atoms with Crippen LogP contribution in [0.3, 0.4) is 0 Å². The van der Waals surface area contributed by atoms with E-state index < -0.39 is 17.0 Å². The summed E-state index contributed by atoms with van der Waals surface area (Å²) < 4.78 is 16.3. The number of ether oxygens (including phenoxy) is 3. The molecule has 126 valence electrons. The normalized spacial score (nSPS) is 19.1. The summed E-state index contributed by atoms with van der Waals surface area (Å²) in [6, 6.07) is 4.15. The number of carbonyl (C=O) groups excluding carboxylic acids is 1. The first-order chi connectivity index (χ1) is 11.0. The van der Waals surface area contributed by atoms with E-state index >= 15 is 0 Å². The summed E-state index contributed by atoms with van der Waals surface area (Å²) in [6.07, 6.45) is 2.32. The van der Waals surface area contributed by atoms with E-state index in [0.29, 0.717) is 12.2 Å². The van der Waals surface area contributed by atoms with Gasteiger partial charge in [0.15, 0.2) is 6.10 Å². The van der Waals surface area contributed by atoms with Crippen molar-refractivity contribution >= 4 is 11.7 Å². The number of carbonyl (C=O) groups is 1. The van der Waals surface area contributed by atoms with Gasteiger partial charge in [0.1, 0.15) is 5.75 Å². The second-order valence-electron chi connectivity index (χ2n) is 5.59. The Hall–Kier alpha value is -1.99. The molecule has 1 aromatic rings. The van der Waals surface area contributed by atoms with Gasteiger partial charge >= 0.3 is 5.97 Å². The van der Waals surface area contributed by atoms with Crippen molar-refractivity contribution in [1.82, 2.24) is 0 Å². The maximum absolute atomic E-state index is 12.1. The Labute approximate surface area is 134 Å². The average molecular weight is 323 g/mol. The Balaban J connectivity index is 1.90. The highest BCUT2D eigenvalue weighted by atomic mass is 16.6. The van der Waals surface area contributed by atoms with Crippen molar-refractivity contribution in [1.29, 1.82) is 0 Å². The number of aryl methyl sites for hydroxylation is 1. The van der Waals surface area contributed by atoms with E-state index in [1.165, 1.54) is 12.1 Å². The fraction of sp³-hybridized carbons (Fsp3) is 0.562. The van der Waals surface area contributed by atoms with Crippen LogP contribution in [0.5, 0.6) is 5.75 Å². The van der Waals surface area contributed by atoms with Crippen LogP contribution >= 0.6 is 0 Å². The molecule has 0 aliphatic carbocycles. The third-order valence-electron chi connectivity index (χ3n) is 3.73. The molecule has 1 aliphatic heterocycles. The van der Waals surface area contributed by atoms with E-state index in [2.05, 4.69) is 0 Å². The predicted octanol–water partition coefficient (Wildman–Crippen LogP) is 2.78. The van der Waals surface area contributed by atoms with Crippen molar-refractivity contribution in [2.75, 3.05) is 13.2 Å². The number of non-ortho nitro benzene ring substituents is 1. The van der Waals surface area contributed by atoms with Gasteiger partial charge in [-0.1, -0.05) is 0 Å². The summed E-state index contributed by atoms with van der Waals surface area (Å²) in [5.41, 5.74) is 0.523. The number of esters is 1. The highest BCUT2D eigenvalue weighted by Crippen LogP contribution is 2.24. The quantitative estimate of drug-likeness (QED) is 0.346. The minimum atomic E-state index is -0.765. The molecule has 0 aromatic heterocycles. The Kier molecular flexibility index (Phi) is 6.06. The summed E-state index contributed by atoms with van der Waals surface area (Å²) in [7, 11) is 0. The third-order valence-corrected chi connectivity index (χ3v) is 3.73. The number of nitrogens with zero attached hydrogens (tertiary/aromatic N) is 1. The molecule has 0 spiro atoms. The summed E-state index contributed by atoms with van der Waals surface area (Å²) in [5.74, 6) is -0.405. The van der Waals surface area contributed by atoms with Crippen LogP contribution in [0.1, 0.15) is 31.7 Å². The molecule has 23 heavy (non-hydrogen) atoms. The SMILES string of the molecule is Cc1ccc([N+](=O)[O-])cc1OC(=O)C(C)OCC1CCCCO1. The van der Waals surface area contributed by atoms with Gasteiger partial charge in [0.05, 0.1) is 23.7 Å². The molecule has 0 radical (unpaired) electrons. The van der Waals surface area contributed by atoms with Gasteiger partial charge in [-0.15, -0.1) is 0 Å². The molecule has 1 saturated heterocycles. The molecule has 2 rings (SSSR count). The molecule has 1 aliphatic rings. The lowest BCUT2D eigenvalue weighted by Gasteiger charge is -2.23. The van der Waals surface area contributed by atoms with Gasteiger partial charge in [0.25, 0.3) is 5.69 Å². The molecule has 1 heterocycles. The van der Waals surface area contributed by atoms with Gasteiger partial charge in [-0.2, -0.15) is 0 Å². The van der Waals surface area contributed by atoms with Gasteiger partial charge in [-0.25, -0.2) is 4.79 Å². The lowest BCUT2D eigenvalue weighted by molar-refractivity contribution is -0.384. The van der Waals surface area contributed by atoms with Crippen LogP contribution < -0.4 is 4.74 Å². The molecule has 0 N–H and O–H groups in total. The fourth-order valence-electron chi connectivity index (χ4n) is 2.26. The van der Waals surface area contributed by atoms with Crippen molar-refractivity contribution in [2.24, 2.45) is 0 Å². The number of benzene rings is 1. The number of hydrogen-bond donors (Lipinski definition) is 0. The van der Waals surface area contributed by atoms with Crippen molar-refractivity contribution in [3.05, 3.63) is 33.9 Å². The Morgan fingerprint density at radius 1 is 1.48 bits per heavy atom. The summed E-state index contributed by atoms with van der Waals surface area (Å²) in [6.45, 7) is 4.37. The van der Waals surface area contributed by atoms with Crippen LogP contribution in [-0.2, 0) is 14.3 Å². The Morgan fingerprint density at radius 2 is 2.26 bits per heavy atom. The number of nitro groups is 1. The average Bonchev–Trinajstić information content (AvgIpc) is 2.55. The standard InChI is InChI=1S/C16H21NO6/c1-11-6-7-13(17(19)20)9-15(11)23-16(18)12(2)22-10-14-5-3-4-8-21-14/h6-7,9,12,14H,3-5,8,10H2,1-2H3. The molecule has 2 unspecified atom stereocenters. The second-order valence-corrected chi connectivity index (χ2v) is 5.59. The smallest absolute Gasteiger partial charge is 0.340 e. The van der Waals surface area contributed by atoms with Gasteiger partial charge in [-0.05, 0) is 44.7 Å². The van der Waals surface area contributed by atoms with E-state index in [1.54, 1.807) is 19.9 Å². The van der Waals surface area contributed by atoms with E-state index in [9.17, 15) is 14.9 Å². The van der Waals surface area contributed by atoms with Crippen molar-refractivity contribution in [3.63, 3.8) is 0 Å². The molecule has 7 nitrogen and oxygen atoms in total. The molecule has 7 heteroatoms. The van der Waals surface area contributed by atoms with Crippen molar-refractivity contribution in [2.45, 2.75) is 45.3 Å². The zero-order chi connectivity index (χ0) is 16.8. The van der Waals surface area contributed by atoms with E-state index in [0.717, 1.165) is 25.9 Å². The maximum Gasteiger partial charge on any atom is 0.340 e. The minimum absolute atomic E-state index is 0.0125. The first kappa shape index (κ1) is 17.4. The fourth-order valence-corrected chi connectivity index (χ4v) is 2.26. The monoisotopic (exact) mass is 323 g/mol. The first-order valence-corrected chi connectivity index (χ1v) is 7.67. The van der Waals surface area contributed by atoms with E-state index in [1.807, 2.05) is 0 Å². The molecule has 1 aromatic carbocycles. The molecule has 0 amide bonds. The van der Waals surface area contributed by atoms with Crippen LogP contribution in [0.2, 0.25) is 0 Å². The highest BCUT2D eigenvalue weighted by molar-refractivity contribution is 5.77. The zero-order valence-corrected chi connectivity index (χ0v) is 13.3. The predicted molar refractivity (Wildman–Crippen MR) is 82.5 cm³/mol. The lowest BCUT2D eigenvalue weighted by Crippen LogP contribution is -2.31. The summed E-state index contributed by atoms with van der Waals surface area (Å²) in [5, 5.41) is 10.8. The van der Waals surface area contributed by atoms with Gasteiger partial charge in [0.2, 0.25) is 0 Å². The summed E-state index contributed by atoms with van der Waals surface area (Å²) in [4.78, 5) is 22.3. The van der Waals surface area contributed by atoms with Crippen molar-refractivity contribution in [3.8, 4) is 5.75 Å². The minimum Gasteiger partial charge on any atom is -0.424 e. The van der Waals surface area contributed by atoms with Gasteiger partial charge in [0, 0.05) is 12.7 Å². The van der Waals surface area contributed by atoms with Crippen molar-refractivity contribution < 1.29 is 23.9 Å². The Morgan fingerprint density at radius 3 is 2.91 bits per heavy atom. The molecule has 0 bridgehead atoms. The van der Waals surface area contributed by atoms with E-state index in [-0.39, 0.29) is 17.5 Å². The maximum atomic E-state index is 12.1.